The molecule has 0 unspecified atom stereocenters. The van der Waals surface area contributed by atoms with Crippen LogP contribution in [0.15, 0.2) is 30.3 Å². The van der Waals surface area contributed by atoms with Gasteiger partial charge in [-0.3, -0.25) is 14.4 Å². The third-order valence-electron chi connectivity index (χ3n) is 12.4. The van der Waals surface area contributed by atoms with Gasteiger partial charge in [-0.05, 0) is 67.9 Å². The normalized spacial score (nSPS) is 33.5. The molecule has 0 saturated carbocycles. The lowest BCUT2D eigenvalue weighted by atomic mass is 9.97. The van der Waals surface area contributed by atoms with E-state index in [1.807, 2.05) is 6.07 Å². The number of nitrogens with one attached hydrogen (secondary N) is 4. The molecule has 6 saturated heterocycles. The van der Waals surface area contributed by atoms with Crippen molar-refractivity contribution in [2.45, 2.75) is 203 Å². The van der Waals surface area contributed by atoms with Crippen LogP contribution in [0.5, 0.6) is 0 Å². The number of rotatable bonds is 18. The molecule has 15 atom stereocenters. The van der Waals surface area contributed by atoms with Crippen LogP contribution in [0, 0.1) is 0 Å². The van der Waals surface area contributed by atoms with Gasteiger partial charge in [0.25, 0.3) is 0 Å². The number of hydrogen-bond donors (Lipinski definition) is 4. The number of benzene rings is 1. The Bertz CT molecular complexity index is 2020. The summed E-state index contributed by atoms with van der Waals surface area (Å²) in [5.41, 5.74) is -0.0500. The molecule has 0 aliphatic carbocycles. The van der Waals surface area contributed by atoms with E-state index in [4.69, 9.17) is 66.3 Å². The Hall–Kier alpha value is -4.27. The second-order valence-corrected chi connectivity index (χ2v) is 20.5. The molecule has 4 N–H and O–H groups in total. The Labute approximate surface area is 407 Å². The van der Waals surface area contributed by atoms with Crippen LogP contribution >= 0.6 is 0 Å². The minimum Gasteiger partial charge on any atom is -0.469 e. The number of methoxy groups -OCH3 is 3. The second kappa shape index (κ2) is 21.4. The molecule has 6 fully saturated rings. The van der Waals surface area contributed by atoms with Crippen molar-refractivity contribution in [3.63, 3.8) is 0 Å². The van der Waals surface area contributed by atoms with E-state index in [1.165, 1.54) is 21.3 Å². The topological polar surface area (TPSA) is 263 Å². The summed E-state index contributed by atoms with van der Waals surface area (Å²) in [6.45, 7) is 15.4. The minimum atomic E-state index is -1.15. The predicted octanol–water partition coefficient (Wildman–Crippen LogP) is 2.19. The third kappa shape index (κ3) is 13.0. The molecule has 392 valence electrons. The fraction of sp³-hybridized carbons (Fsp3) is 0.766. The maximum atomic E-state index is 14.7. The molecule has 1 aromatic carbocycles. The van der Waals surface area contributed by atoms with Crippen molar-refractivity contribution >= 4 is 30.0 Å². The van der Waals surface area contributed by atoms with Crippen molar-refractivity contribution in [1.29, 1.82) is 0 Å². The zero-order chi connectivity index (χ0) is 50.9. The van der Waals surface area contributed by atoms with Gasteiger partial charge in [-0.2, -0.15) is 0 Å². The van der Waals surface area contributed by atoms with E-state index in [-0.39, 0.29) is 19.6 Å². The summed E-state index contributed by atoms with van der Waals surface area (Å²) >= 11 is 0. The summed E-state index contributed by atoms with van der Waals surface area (Å²) in [7, 11) is 4.10. The van der Waals surface area contributed by atoms with Crippen LogP contribution in [0.4, 0.5) is 9.59 Å². The summed E-state index contributed by atoms with van der Waals surface area (Å²) in [5.74, 6) is -5.14. The van der Waals surface area contributed by atoms with Gasteiger partial charge in [0.05, 0.1) is 31.7 Å². The van der Waals surface area contributed by atoms with Crippen LogP contribution in [-0.2, 0) is 87.3 Å². The summed E-state index contributed by atoms with van der Waals surface area (Å²) < 4.78 is 83.6. The third-order valence-corrected chi connectivity index (χ3v) is 12.4. The van der Waals surface area contributed by atoms with E-state index in [2.05, 4.69) is 21.3 Å². The highest BCUT2D eigenvalue weighted by molar-refractivity contribution is 5.81. The lowest BCUT2D eigenvalue weighted by Crippen LogP contribution is -2.56. The number of amides is 4. The molecule has 23 nitrogen and oxygen atoms in total. The number of carbonyl (C=O) groups excluding carboxylic acids is 5. The number of alkyl carbamates (subject to hydrolysis) is 2. The summed E-state index contributed by atoms with van der Waals surface area (Å²) in [6, 6.07) is 5.71. The molecule has 6 aliphatic rings. The predicted molar refractivity (Wildman–Crippen MR) is 239 cm³/mol. The molecular formula is C47H70N4O19. The van der Waals surface area contributed by atoms with Crippen molar-refractivity contribution in [2.24, 2.45) is 0 Å². The molecule has 7 rings (SSSR count). The van der Waals surface area contributed by atoms with Crippen LogP contribution in [0.2, 0.25) is 0 Å². The Morgan fingerprint density at radius 1 is 0.586 bits per heavy atom. The molecule has 0 spiro atoms. The van der Waals surface area contributed by atoms with E-state index in [0.29, 0.717) is 0 Å². The molecule has 0 aromatic heterocycles. The van der Waals surface area contributed by atoms with Gasteiger partial charge >= 0.3 is 18.2 Å². The van der Waals surface area contributed by atoms with E-state index in [0.717, 1.165) is 5.56 Å². The number of esters is 1. The number of carbonyl (C=O) groups is 5. The quantitative estimate of drug-likeness (QED) is 0.121. The average molecular weight is 995 g/mol. The molecule has 70 heavy (non-hydrogen) atoms. The van der Waals surface area contributed by atoms with Crippen molar-refractivity contribution in [1.82, 2.24) is 21.3 Å². The fourth-order valence-corrected chi connectivity index (χ4v) is 9.77. The molecule has 4 amide bonds. The van der Waals surface area contributed by atoms with Gasteiger partial charge in [0.15, 0.2) is 29.9 Å². The number of hydrogen-bond acceptors (Lipinski definition) is 19. The molecule has 0 radical (unpaired) electrons. The highest BCUT2D eigenvalue weighted by Gasteiger charge is 2.61. The van der Waals surface area contributed by atoms with Crippen molar-refractivity contribution in [2.75, 3.05) is 27.9 Å². The standard InChI is InChI=1S/C47H70N4O19/c1-44(2,3)70-42(55)48-21-27-34-35(65-45(4,5)64-34)31(61-27)25(51-43(56)60-22-23-16-14-13-15-17-23)19-29(53)49-24(32-36-38(40(58-11)62-32)68-46(6,7)66-36)18-28(52)50-26(20-30(54)57-10)33-37-39(41(59-12)63-33)69-47(8,9)67-37/h13-17,24-27,31-41H,18-22H2,1-12H3,(H,48,55)(H,49,53)(H,50,52)(H,51,56)/t24-,25+,26+,27+,31+,32+,33+,34+,35-,36-,37-,38-,39-,40-,41-/m0/s1. The first-order valence-electron chi connectivity index (χ1n) is 23.6. The van der Waals surface area contributed by atoms with E-state index >= 15 is 0 Å². The largest absolute Gasteiger partial charge is 0.469 e. The first kappa shape index (κ1) is 53.5. The second-order valence-electron chi connectivity index (χ2n) is 20.5. The smallest absolute Gasteiger partial charge is 0.407 e. The molecule has 23 heteroatoms. The Kier molecular flexibility index (Phi) is 16.4. The van der Waals surface area contributed by atoms with Gasteiger partial charge in [0.2, 0.25) is 11.8 Å². The Morgan fingerprint density at radius 3 is 1.51 bits per heavy atom. The maximum absolute atomic E-state index is 14.7. The maximum Gasteiger partial charge on any atom is 0.407 e. The zero-order valence-electron chi connectivity index (χ0n) is 41.8. The Balaban J connectivity index is 1.14. The van der Waals surface area contributed by atoms with Gasteiger partial charge in [0.1, 0.15) is 73.2 Å². The number of fused-ring (bicyclic) bond motifs is 3. The lowest BCUT2D eigenvalue weighted by Gasteiger charge is -2.32. The SMILES string of the molecule is COC(=O)C[C@@H](NC(=O)C[C@H](NC(=O)C[C@@H](NC(=O)OCc1ccccc1)[C@H]1O[C@H](CNC(=O)OC(C)(C)C)[C@H]2OC(C)(C)O[C@@H]12)[C@H]1O[C@H](OC)[C@H]2OC(C)(C)O[C@H]21)[C@H]1O[C@H](OC)[C@H]2OC(C)(C)O[C@H]21. The first-order valence-corrected chi connectivity index (χ1v) is 23.6. The van der Waals surface area contributed by atoms with Crippen LogP contribution in [0.1, 0.15) is 87.1 Å². The molecule has 6 heterocycles. The van der Waals surface area contributed by atoms with Crippen LogP contribution in [0.25, 0.3) is 0 Å². The van der Waals surface area contributed by atoms with Gasteiger partial charge < -0.3 is 87.6 Å². The van der Waals surface area contributed by atoms with Crippen molar-refractivity contribution < 1.29 is 90.3 Å². The Morgan fingerprint density at radius 2 is 1.03 bits per heavy atom. The molecule has 6 aliphatic heterocycles. The molecule has 0 bridgehead atoms. The zero-order valence-corrected chi connectivity index (χ0v) is 41.8. The van der Waals surface area contributed by atoms with Crippen LogP contribution < -0.4 is 21.3 Å². The van der Waals surface area contributed by atoms with Crippen molar-refractivity contribution in [3.05, 3.63) is 35.9 Å². The van der Waals surface area contributed by atoms with Crippen molar-refractivity contribution in [3.8, 4) is 0 Å². The summed E-state index contributed by atoms with van der Waals surface area (Å²) in [6.07, 6.45) is -13.0. The summed E-state index contributed by atoms with van der Waals surface area (Å²) in [4.78, 5) is 68.4. The van der Waals surface area contributed by atoms with Gasteiger partial charge in [-0.15, -0.1) is 0 Å². The lowest BCUT2D eigenvalue weighted by molar-refractivity contribution is -0.230. The highest BCUT2D eigenvalue weighted by Crippen LogP contribution is 2.43. The molecular weight excluding hydrogens is 925 g/mol. The van der Waals surface area contributed by atoms with E-state index in [1.54, 1.807) is 86.6 Å². The van der Waals surface area contributed by atoms with Gasteiger partial charge in [-0.1, -0.05) is 30.3 Å². The average Bonchev–Trinajstić information content (AvgIpc) is 4.09. The van der Waals surface area contributed by atoms with E-state index < -0.39 is 158 Å². The summed E-state index contributed by atoms with van der Waals surface area (Å²) in [5, 5.41) is 11.4. The minimum absolute atomic E-state index is 0.0610. The fourth-order valence-electron chi connectivity index (χ4n) is 9.77. The van der Waals surface area contributed by atoms with Crippen LogP contribution in [0.3, 0.4) is 0 Å². The first-order chi connectivity index (χ1) is 32.9. The van der Waals surface area contributed by atoms with E-state index in [9.17, 15) is 24.0 Å². The monoisotopic (exact) mass is 994 g/mol. The molecule has 1 aromatic rings. The van der Waals surface area contributed by atoms with Gasteiger partial charge in [-0.25, -0.2) is 9.59 Å². The highest BCUT2D eigenvalue weighted by atomic mass is 16.8. The van der Waals surface area contributed by atoms with Gasteiger partial charge in [0, 0.05) is 33.6 Å². The van der Waals surface area contributed by atoms with Crippen LogP contribution in [-0.4, -0.2) is 173 Å². The number of ether oxygens (including phenoxy) is 14.